The highest BCUT2D eigenvalue weighted by atomic mass is 16.5. The molecule has 0 aliphatic carbocycles. The topological polar surface area (TPSA) is 107 Å². The fourth-order valence-electron chi connectivity index (χ4n) is 4.10. The van der Waals surface area contributed by atoms with Gasteiger partial charge in [0.05, 0.1) is 30.0 Å². The van der Waals surface area contributed by atoms with Gasteiger partial charge in [0, 0.05) is 29.1 Å². The highest BCUT2D eigenvalue weighted by Crippen LogP contribution is 2.41. The number of nitrogens with one attached hydrogen (secondary N) is 2. The van der Waals surface area contributed by atoms with Crippen LogP contribution in [0.1, 0.15) is 22.8 Å². The minimum absolute atomic E-state index is 0.666. The van der Waals surface area contributed by atoms with Crippen molar-refractivity contribution in [2.45, 2.75) is 27.7 Å². The number of methoxy groups -OCH3 is 1. The van der Waals surface area contributed by atoms with Crippen LogP contribution in [-0.2, 0) is 7.05 Å². The van der Waals surface area contributed by atoms with Crippen molar-refractivity contribution in [3.63, 3.8) is 0 Å². The van der Waals surface area contributed by atoms with E-state index in [-0.39, 0.29) is 0 Å². The number of rotatable bonds is 4. The molecule has 2 N–H and O–H groups in total. The highest BCUT2D eigenvalue weighted by Gasteiger charge is 2.21. The Balaban J connectivity index is 1.78. The largest absolute Gasteiger partial charge is 0.496 e. The van der Waals surface area contributed by atoms with Crippen molar-refractivity contribution < 1.29 is 9.26 Å². The maximum absolute atomic E-state index is 5.75. The average Bonchev–Trinajstić information content (AvgIpc) is 3.36. The molecule has 0 aliphatic rings. The maximum Gasteiger partial charge on any atom is 0.145 e. The van der Waals surface area contributed by atoms with Crippen LogP contribution in [0.2, 0.25) is 0 Å². The molecule has 0 spiro atoms. The average molecular weight is 417 g/mol. The molecular weight excluding hydrogens is 394 g/mol. The van der Waals surface area contributed by atoms with Crippen LogP contribution in [-0.4, -0.2) is 37.0 Å². The normalized spacial score (nSPS) is 11.5. The van der Waals surface area contributed by atoms with Crippen molar-refractivity contribution in [3.8, 4) is 16.9 Å². The van der Waals surface area contributed by atoms with Gasteiger partial charge in [-0.25, -0.2) is 9.97 Å². The van der Waals surface area contributed by atoms with Gasteiger partial charge in [-0.15, -0.1) is 0 Å². The molecule has 9 nitrogen and oxygen atoms in total. The van der Waals surface area contributed by atoms with E-state index < -0.39 is 0 Å². The highest BCUT2D eigenvalue weighted by molar-refractivity contribution is 6.13. The van der Waals surface area contributed by atoms with Gasteiger partial charge in [0.25, 0.3) is 0 Å². The number of aromatic nitrogens is 6. The minimum atomic E-state index is 0.666. The molecule has 5 rings (SSSR count). The van der Waals surface area contributed by atoms with Gasteiger partial charge in [0.1, 0.15) is 34.6 Å². The molecule has 0 fully saturated rings. The number of H-pyrrole nitrogens is 1. The second-order valence-electron chi connectivity index (χ2n) is 7.69. The maximum atomic E-state index is 5.75. The summed E-state index contributed by atoms with van der Waals surface area (Å²) >= 11 is 0. The summed E-state index contributed by atoms with van der Waals surface area (Å²) < 4.78 is 12.9. The Hall–Kier alpha value is -3.88. The van der Waals surface area contributed by atoms with E-state index in [1.165, 1.54) is 0 Å². The molecule has 0 radical (unpaired) electrons. The van der Waals surface area contributed by atoms with Crippen molar-refractivity contribution in [3.05, 3.63) is 41.2 Å². The number of nitrogens with zero attached hydrogens (tertiary/aromatic N) is 5. The zero-order chi connectivity index (χ0) is 21.9. The third-order valence-corrected chi connectivity index (χ3v) is 5.54. The molecule has 0 saturated heterocycles. The number of hydrogen-bond acceptors (Lipinski definition) is 7. The second-order valence-corrected chi connectivity index (χ2v) is 7.69. The van der Waals surface area contributed by atoms with E-state index in [4.69, 9.17) is 9.26 Å². The first-order valence-electron chi connectivity index (χ1n) is 9.94. The Morgan fingerprint density at radius 1 is 1.13 bits per heavy atom. The third kappa shape index (κ3) is 2.92. The predicted octanol–water partition coefficient (Wildman–Crippen LogP) is 4.49. The molecule has 4 heterocycles. The summed E-state index contributed by atoms with van der Waals surface area (Å²) in [4.78, 5) is 12.8. The van der Waals surface area contributed by atoms with E-state index in [1.807, 2.05) is 47.0 Å². The van der Waals surface area contributed by atoms with Crippen molar-refractivity contribution in [1.29, 1.82) is 0 Å². The smallest absolute Gasteiger partial charge is 0.145 e. The predicted molar refractivity (Wildman–Crippen MR) is 119 cm³/mol. The third-order valence-electron chi connectivity index (χ3n) is 5.54. The summed E-state index contributed by atoms with van der Waals surface area (Å²) in [6.45, 7) is 7.71. The molecule has 158 valence electrons. The molecule has 0 atom stereocenters. The monoisotopic (exact) mass is 417 g/mol. The lowest BCUT2D eigenvalue weighted by Crippen LogP contribution is -2.04. The fourth-order valence-corrected chi connectivity index (χ4v) is 4.10. The molecule has 31 heavy (non-hydrogen) atoms. The molecule has 1 aromatic carbocycles. The van der Waals surface area contributed by atoms with Gasteiger partial charge in [-0.1, -0.05) is 5.16 Å². The summed E-state index contributed by atoms with van der Waals surface area (Å²) in [7, 11) is 3.56. The summed E-state index contributed by atoms with van der Waals surface area (Å²) in [6, 6.07) is 4.06. The van der Waals surface area contributed by atoms with Crippen molar-refractivity contribution in [1.82, 2.24) is 29.9 Å². The quantitative estimate of drug-likeness (QED) is 0.444. The van der Waals surface area contributed by atoms with E-state index >= 15 is 0 Å². The van der Waals surface area contributed by atoms with E-state index in [9.17, 15) is 0 Å². The van der Waals surface area contributed by atoms with Crippen LogP contribution in [0.25, 0.3) is 33.1 Å². The molecule has 9 heteroatoms. The molecular formula is C22H23N7O2. The van der Waals surface area contributed by atoms with E-state index in [0.29, 0.717) is 11.6 Å². The summed E-state index contributed by atoms with van der Waals surface area (Å²) in [5.41, 5.74) is 5.38. The van der Waals surface area contributed by atoms with Gasteiger partial charge in [-0.2, -0.15) is 5.10 Å². The molecule has 5 aromatic rings. The van der Waals surface area contributed by atoms with Crippen LogP contribution in [0.3, 0.4) is 0 Å². The van der Waals surface area contributed by atoms with Crippen molar-refractivity contribution in [2.24, 2.45) is 7.05 Å². The van der Waals surface area contributed by atoms with Gasteiger partial charge in [0.15, 0.2) is 0 Å². The van der Waals surface area contributed by atoms with Crippen LogP contribution in [0.5, 0.6) is 5.75 Å². The van der Waals surface area contributed by atoms with Gasteiger partial charge < -0.3 is 19.6 Å². The van der Waals surface area contributed by atoms with Gasteiger partial charge in [-0.05, 0) is 39.8 Å². The number of anilines is 2. The van der Waals surface area contributed by atoms with E-state index in [1.54, 1.807) is 11.8 Å². The zero-order valence-corrected chi connectivity index (χ0v) is 18.3. The van der Waals surface area contributed by atoms with E-state index in [0.717, 1.165) is 61.6 Å². The van der Waals surface area contributed by atoms with Crippen molar-refractivity contribution in [2.75, 3.05) is 12.4 Å². The Labute approximate surface area is 178 Å². The molecule has 0 bridgehead atoms. The number of benzene rings is 1. The first kappa shape index (κ1) is 19.1. The van der Waals surface area contributed by atoms with Gasteiger partial charge in [-0.3, -0.25) is 4.68 Å². The number of aryl methyl sites for hydroxylation is 5. The first-order valence-corrected chi connectivity index (χ1v) is 9.94. The Kier molecular flexibility index (Phi) is 4.21. The molecule has 0 aliphatic heterocycles. The lowest BCUT2D eigenvalue weighted by atomic mass is 10.0. The van der Waals surface area contributed by atoms with Crippen LogP contribution < -0.4 is 10.1 Å². The Morgan fingerprint density at radius 2 is 1.94 bits per heavy atom. The fraction of sp³-hybridized carbons (Fsp3) is 0.273. The first-order chi connectivity index (χ1) is 14.9. The lowest BCUT2D eigenvalue weighted by Gasteiger charge is -2.11. The minimum Gasteiger partial charge on any atom is -0.496 e. The van der Waals surface area contributed by atoms with Crippen LogP contribution in [0.15, 0.2) is 22.9 Å². The number of aromatic amines is 1. The van der Waals surface area contributed by atoms with Crippen LogP contribution in [0, 0.1) is 27.7 Å². The summed E-state index contributed by atoms with van der Waals surface area (Å²) in [6.07, 6.45) is 1.82. The second kappa shape index (κ2) is 6.83. The number of fused-ring (bicyclic) bond motifs is 3. The molecule has 4 aromatic heterocycles. The van der Waals surface area contributed by atoms with Gasteiger partial charge >= 0.3 is 0 Å². The SMILES string of the molecule is COc1cc2c(cc1-c1c(C)noc1C)[nH]c1nc(C)nc(Nc3c(C)cnn3C)c12. The Bertz CT molecular complexity index is 1420. The molecule has 0 saturated carbocycles. The van der Waals surface area contributed by atoms with Crippen LogP contribution in [0.4, 0.5) is 11.6 Å². The molecule has 0 unspecified atom stereocenters. The molecule has 0 amide bonds. The van der Waals surface area contributed by atoms with Crippen LogP contribution >= 0.6 is 0 Å². The standard InChI is InChI=1S/C22H23N7O2/c1-10-9-23-29(5)22(10)27-21-19-14-8-17(30-6)15(18-11(2)28-31-12(18)3)7-16(14)26-20(19)24-13(4)25-21/h7-9H,1-6H3,(H2,24,25,26,27). The lowest BCUT2D eigenvalue weighted by molar-refractivity contribution is 0.393. The number of ether oxygens (including phenoxy) is 1. The Morgan fingerprint density at radius 3 is 2.58 bits per heavy atom. The summed E-state index contributed by atoms with van der Waals surface area (Å²) in [5, 5.41) is 13.7. The van der Waals surface area contributed by atoms with Gasteiger partial charge in [0.2, 0.25) is 0 Å². The zero-order valence-electron chi connectivity index (χ0n) is 18.3. The van der Waals surface area contributed by atoms with Crippen molar-refractivity contribution >= 4 is 33.6 Å². The number of hydrogen-bond donors (Lipinski definition) is 2. The van der Waals surface area contributed by atoms with E-state index in [2.05, 4.69) is 36.6 Å². The summed E-state index contributed by atoms with van der Waals surface area (Å²) in [5.74, 6) is 3.74.